The van der Waals surface area contributed by atoms with E-state index in [2.05, 4.69) is 51.9 Å². The van der Waals surface area contributed by atoms with Gasteiger partial charge < -0.3 is 15.3 Å². The minimum absolute atomic E-state index is 0.103. The molecule has 0 heterocycles. The Hall–Kier alpha value is -0.120. The molecule has 0 saturated heterocycles. The third-order valence-corrected chi connectivity index (χ3v) is 4.31. The van der Waals surface area contributed by atoms with Gasteiger partial charge in [-0.15, -0.1) is 0 Å². The summed E-state index contributed by atoms with van der Waals surface area (Å²) in [6, 6.07) is 0.986. The molecule has 0 amide bonds. The smallest absolute Gasteiger partial charge is 0.0628 e. The molecule has 0 aliphatic heterocycles. The molecule has 0 bridgehead atoms. The second-order valence-electron chi connectivity index (χ2n) is 7.28. The third-order valence-electron chi connectivity index (χ3n) is 4.31. The predicted molar refractivity (Wildman–Crippen MR) is 82.4 cm³/mol. The Kier molecular flexibility index (Phi) is 6.28. The number of hydrogen-bond donors (Lipinski definition) is 2. The van der Waals surface area contributed by atoms with Crippen LogP contribution < -0.4 is 5.32 Å². The SMILES string of the molecule is CC(C)CC(C)N(C)CC(CO)(NC(C)C)C1CC1. The van der Waals surface area contributed by atoms with Crippen molar-refractivity contribution in [2.45, 2.75) is 71.5 Å². The molecule has 3 heteroatoms. The highest BCUT2D eigenvalue weighted by molar-refractivity contribution is 5.03. The lowest BCUT2D eigenvalue weighted by Gasteiger charge is -2.41. The molecule has 2 unspecified atom stereocenters. The second-order valence-corrected chi connectivity index (χ2v) is 7.28. The first-order valence-corrected chi connectivity index (χ1v) is 7.89. The van der Waals surface area contributed by atoms with Gasteiger partial charge in [0.1, 0.15) is 0 Å². The predicted octanol–water partition coefficient (Wildman–Crippen LogP) is 2.49. The lowest BCUT2D eigenvalue weighted by atomic mass is 9.91. The standard InChI is InChI=1S/C16H34N2O/c1-12(2)9-14(5)18(6)10-16(11-19,15-7-8-15)17-13(3)4/h12-15,17,19H,7-11H2,1-6H3. The van der Waals surface area contributed by atoms with Gasteiger partial charge in [0.15, 0.2) is 0 Å². The van der Waals surface area contributed by atoms with Crippen molar-refractivity contribution in [3.05, 3.63) is 0 Å². The summed E-state index contributed by atoms with van der Waals surface area (Å²) in [6.07, 6.45) is 3.73. The summed E-state index contributed by atoms with van der Waals surface area (Å²) in [5, 5.41) is 13.6. The largest absolute Gasteiger partial charge is 0.394 e. The van der Waals surface area contributed by atoms with Gasteiger partial charge in [-0.05, 0) is 45.1 Å². The molecule has 1 fully saturated rings. The average molecular weight is 270 g/mol. The maximum atomic E-state index is 9.96. The van der Waals surface area contributed by atoms with Crippen LogP contribution in [0.5, 0.6) is 0 Å². The minimum Gasteiger partial charge on any atom is -0.394 e. The summed E-state index contributed by atoms with van der Waals surface area (Å²) in [5.74, 6) is 1.37. The van der Waals surface area contributed by atoms with Crippen molar-refractivity contribution in [2.24, 2.45) is 11.8 Å². The molecule has 0 aromatic heterocycles. The van der Waals surface area contributed by atoms with Crippen molar-refractivity contribution in [1.29, 1.82) is 0 Å². The molecule has 0 aromatic rings. The van der Waals surface area contributed by atoms with Crippen LogP contribution in [-0.2, 0) is 0 Å². The molecule has 19 heavy (non-hydrogen) atoms. The van der Waals surface area contributed by atoms with E-state index < -0.39 is 0 Å². The van der Waals surface area contributed by atoms with Gasteiger partial charge in [0.2, 0.25) is 0 Å². The van der Waals surface area contributed by atoms with E-state index in [9.17, 15) is 5.11 Å². The van der Waals surface area contributed by atoms with Crippen LogP contribution in [0.1, 0.15) is 53.9 Å². The first-order valence-electron chi connectivity index (χ1n) is 7.89. The van der Waals surface area contributed by atoms with Crippen LogP contribution in [0, 0.1) is 11.8 Å². The summed E-state index contributed by atoms with van der Waals surface area (Å²) in [6.45, 7) is 12.4. The molecule has 2 N–H and O–H groups in total. The molecular weight excluding hydrogens is 236 g/mol. The topological polar surface area (TPSA) is 35.5 Å². The molecular formula is C16H34N2O. The number of nitrogens with zero attached hydrogens (tertiary/aromatic N) is 1. The van der Waals surface area contributed by atoms with Crippen LogP contribution in [0.4, 0.5) is 0 Å². The van der Waals surface area contributed by atoms with Crippen molar-refractivity contribution >= 4 is 0 Å². The van der Waals surface area contributed by atoms with Gasteiger partial charge in [-0.3, -0.25) is 0 Å². The average Bonchev–Trinajstić information content (AvgIpc) is 3.10. The Morgan fingerprint density at radius 2 is 1.79 bits per heavy atom. The van der Waals surface area contributed by atoms with E-state index in [1.165, 1.54) is 19.3 Å². The fraction of sp³-hybridized carbons (Fsp3) is 1.00. The lowest BCUT2D eigenvalue weighted by Crippen LogP contribution is -2.60. The van der Waals surface area contributed by atoms with E-state index in [0.29, 0.717) is 18.0 Å². The van der Waals surface area contributed by atoms with Gasteiger partial charge in [0, 0.05) is 18.6 Å². The molecule has 1 rings (SSSR count). The molecule has 0 radical (unpaired) electrons. The van der Waals surface area contributed by atoms with E-state index in [-0.39, 0.29) is 12.1 Å². The maximum Gasteiger partial charge on any atom is 0.0628 e. The highest BCUT2D eigenvalue weighted by atomic mass is 16.3. The zero-order valence-electron chi connectivity index (χ0n) is 13.7. The lowest BCUT2D eigenvalue weighted by molar-refractivity contribution is 0.0761. The molecule has 1 aliphatic rings. The van der Waals surface area contributed by atoms with Crippen LogP contribution in [0.15, 0.2) is 0 Å². The molecule has 114 valence electrons. The third kappa shape index (κ3) is 5.05. The van der Waals surface area contributed by atoms with Crippen molar-refractivity contribution in [3.63, 3.8) is 0 Å². The summed E-state index contributed by atoms with van der Waals surface area (Å²) in [4.78, 5) is 2.42. The van der Waals surface area contributed by atoms with Gasteiger partial charge in [-0.2, -0.15) is 0 Å². The molecule has 1 aliphatic carbocycles. The van der Waals surface area contributed by atoms with Crippen LogP contribution in [0.25, 0.3) is 0 Å². The van der Waals surface area contributed by atoms with Crippen molar-refractivity contribution in [2.75, 3.05) is 20.2 Å². The van der Waals surface area contributed by atoms with Gasteiger partial charge >= 0.3 is 0 Å². The van der Waals surface area contributed by atoms with Crippen molar-refractivity contribution in [3.8, 4) is 0 Å². The second kappa shape index (κ2) is 7.05. The fourth-order valence-corrected chi connectivity index (χ4v) is 3.19. The molecule has 1 saturated carbocycles. The maximum absolute atomic E-state index is 9.96. The van der Waals surface area contributed by atoms with Crippen molar-refractivity contribution < 1.29 is 5.11 Å². The first kappa shape index (κ1) is 16.9. The highest BCUT2D eigenvalue weighted by Crippen LogP contribution is 2.40. The Morgan fingerprint density at radius 1 is 1.21 bits per heavy atom. The summed E-state index contributed by atoms with van der Waals surface area (Å²) < 4.78 is 0. The van der Waals surface area contributed by atoms with Gasteiger partial charge in [0.05, 0.1) is 12.1 Å². The van der Waals surface area contributed by atoms with Gasteiger partial charge in [-0.1, -0.05) is 27.7 Å². The Labute approximate surface area is 119 Å². The highest BCUT2D eigenvalue weighted by Gasteiger charge is 2.45. The minimum atomic E-state index is -0.103. The van der Waals surface area contributed by atoms with Crippen molar-refractivity contribution in [1.82, 2.24) is 10.2 Å². The molecule has 2 atom stereocenters. The monoisotopic (exact) mass is 270 g/mol. The molecule has 0 spiro atoms. The normalized spacial score (nSPS) is 21.2. The zero-order chi connectivity index (χ0) is 14.6. The molecule has 0 aromatic carbocycles. The van der Waals surface area contributed by atoms with E-state index in [1.807, 2.05) is 0 Å². The van der Waals surface area contributed by atoms with Gasteiger partial charge in [0.25, 0.3) is 0 Å². The van der Waals surface area contributed by atoms with Gasteiger partial charge in [-0.25, -0.2) is 0 Å². The van der Waals surface area contributed by atoms with E-state index in [0.717, 1.165) is 12.5 Å². The number of nitrogens with one attached hydrogen (secondary N) is 1. The number of aliphatic hydroxyl groups excluding tert-OH is 1. The summed E-state index contributed by atoms with van der Waals surface area (Å²) >= 11 is 0. The Bertz CT molecular complexity index is 263. The van der Waals surface area contributed by atoms with Crippen LogP contribution >= 0.6 is 0 Å². The van der Waals surface area contributed by atoms with Crippen LogP contribution in [-0.4, -0.2) is 47.8 Å². The fourth-order valence-electron chi connectivity index (χ4n) is 3.19. The van der Waals surface area contributed by atoms with Crippen LogP contribution in [0.3, 0.4) is 0 Å². The van der Waals surface area contributed by atoms with E-state index >= 15 is 0 Å². The quantitative estimate of drug-likeness (QED) is 0.676. The van der Waals surface area contributed by atoms with E-state index in [1.54, 1.807) is 0 Å². The number of aliphatic hydroxyl groups is 1. The Morgan fingerprint density at radius 3 is 2.16 bits per heavy atom. The number of hydrogen-bond acceptors (Lipinski definition) is 3. The first-order chi connectivity index (χ1) is 8.80. The summed E-state index contributed by atoms with van der Waals surface area (Å²) in [5.41, 5.74) is -0.103. The number of likely N-dealkylation sites (N-methyl/N-ethyl adjacent to an activating group) is 1. The summed E-state index contributed by atoms with van der Waals surface area (Å²) in [7, 11) is 2.20. The zero-order valence-corrected chi connectivity index (χ0v) is 13.7. The molecule has 3 nitrogen and oxygen atoms in total. The van der Waals surface area contributed by atoms with Crippen LogP contribution in [0.2, 0.25) is 0 Å². The van der Waals surface area contributed by atoms with E-state index in [4.69, 9.17) is 0 Å². The Balaban J connectivity index is 2.65. The number of rotatable bonds is 9.